The van der Waals surface area contributed by atoms with E-state index >= 15 is 0 Å². The molecule has 0 fully saturated rings. The van der Waals surface area contributed by atoms with Gasteiger partial charge in [-0.3, -0.25) is 4.79 Å². The number of anilines is 1. The number of nitrogens with one attached hydrogen (secondary N) is 1. The van der Waals surface area contributed by atoms with Gasteiger partial charge in [-0.25, -0.2) is 0 Å². The standard InChI is InChI=1S/C29H20ClN3O/c30-25-11-13-26(14-12-25)32-29(34)23(17-31)16-24-19-33(28-8-4-3-7-27(24)28)18-20-9-10-21-5-1-2-6-22(21)15-20/h1-16,19H,18H2,(H,32,34)/b23-16-. The first-order valence-electron chi connectivity index (χ1n) is 10.8. The van der Waals surface area contributed by atoms with Gasteiger partial charge in [-0.05, 0) is 58.8 Å². The Labute approximate surface area is 202 Å². The lowest BCUT2D eigenvalue weighted by Gasteiger charge is -2.07. The summed E-state index contributed by atoms with van der Waals surface area (Å²) < 4.78 is 2.15. The molecule has 0 aliphatic heterocycles. The van der Waals surface area contributed by atoms with E-state index in [1.165, 1.54) is 16.3 Å². The van der Waals surface area contributed by atoms with Crippen LogP contribution in [0.1, 0.15) is 11.1 Å². The number of halogens is 1. The molecule has 5 aromatic rings. The van der Waals surface area contributed by atoms with Gasteiger partial charge in [0.25, 0.3) is 5.91 Å². The number of nitriles is 1. The van der Waals surface area contributed by atoms with Crippen LogP contribution in [0.5, 0.6) is 0 Å². The van der Waals surface area contributed by atoms with E-state index in [0.29, 0.717) is 17.3 Å². The Bertz CT molecular complexity index is 1590. The zero-order valence-corrected chi connectivity index (χ0v) is 19.0. The van der Waals surface area contributed by atoms with E-state index in [4.69, 9.17) is 11.6 Å². The largest absolute Gasteiger partial charge is 0.342 e. The third kappa shape index (κ3) is 4.43. The molecule has 0 saturated heterocycles. The topological polar surface area (TPSA) is 57.8 Å². The molecular weight excluding hydrogens is 442 g/mol. The summed E-state index contributed by atoms with van der Waals surface area (Å²) in [5.74, 6) is -0.462. The fraction of sp³-hybridized carbons (Fsp3) is 0.0345. The summed E-state index contributed by atoms with van der Waals surface area (Å²) in [7, 11) is 0. The summed E-state index contributed by atoms with van der Waals surface area (Å²) in [6.07, 6.45) is 3.64. The molecule has 34 heavy (non-hydrogen) atoms. The summed E-state index contributed by atoms with van der Waals surface area (Å²) in [6, 6.07) is 31.6. The Morgan fingerprint density at radius 1 is 0.941 bits per heavy atom. The second-order valence-electron chi connectivity index (χ2n) is 8.04. The molecule has 1 N–H and O–H groups in total. The van der Waals surface area contributed by atoms with Crippen molar-refractivity contribution >= 4 is 50.9 Å². The Balaban J connectivity index is 1.48. The first-order valence-corrected chi connectivity index (χ1v) is 11.2. The third-order valence-electron chi connectivity index (χ3n) is 5.75. The van der Waals surface area contributed by atoms with Crippen LogP contribution in [0.3, 0.4) is 0 Å². The van der Waals surface area contributed by atoms with Gasteiger partial charge in [-0.15, -0.1) is 0 Å². The smallest absolute Gasteiger partial charge is 0.266 e. The molecule has 1 aromatic heterocycles. The highest BCUT2D eigenvalue weighted by molar-refractivity contribution is 6.30. The van der Waals surface area contributed by atoms with E-state index in [9.17, 15) is 10.1 Å². The molecule has 5 rings (SSSR count). The molecular formula is C29H20ClN3O. The number of carbonyl (C=O) groups is 1. The summed E-state index contributed by atoms with van der Waals surface area (Å²) in [5.41, 5.74) is 3.64. The number of amides is 1. The van der Waals surface area contributed by atoms with E-state index in [2.05, 4.69) is 40.2 Å². The van der Waals surface area contributed by atoms with Crippen molar-refractivity contribution in [3.8, 4) is 6.07 Å². The van der Waals surface area contributed by atoms with E-state index in [-0.39, 0.29) is 5.57 Å². The van der Waals surface area contributed by atoms with Crippen molar-refractivity contribution in [2.45, 2.75) is 6.54 Å². The van der Waals surface area contributed by atoms with Crippen molar-refractivity contribution in [3.05, 3.63) is 119 Å². The molecule has 1 amide bonds. The van der Waals surface area contributed by atoms with Crippen LogP contribution in [-0.2, 0) is 11.3 Å². The highest BCUT2D eigenvalue weighted by atomic mass is 35.5. The molecule has 1 heterocycles. The molecule has 0 aliphatic rings. The number of nitrogens with zero attached hydrogens (tertiary/aromatic N) is 2. The monoisotopic (exact) mass is 461 g/mol. The molecule has 0 unspecified atom stereocenters. The fourth-order valence-electron chi connectivity index (χ4n) is 4.09. The molecule has 0 atom stereocenters. The quantitative estimate of drug-likeness (QED) is 0.225. The number of aromatic nitrogens is 1. The molecule has 4 aromatic carbocycles. The predicted molar refractivity (Wildman–Crippen MR) is 139 cm³/mol. The second-order valence-corrected chi connectivity index (χ2v) is 8.48. The Hall–Kier alpha value is -4.33. The third-order valence-corrected chi connectivity index (χ3v) is 6.01. The van der Waals surface area contributed by atoms with Gasteiger partial charge in [0.15, 0.2) is 0 Å². The first kappa shape index (κ1) is 21.5. The highest BCUT2D eigenvalue weighted by Crippen LogP contribution is 2.26. The van der Waals surface area contributed by atoms with Crippen LogP contribution < -0.4 is 5.32 Å². The van der Waals surface area contributed by atoms with Gasteiger partial charge in [0.05, 0.1) is 0 Å². The number of rotatable bonds is 5. The van der Waals surface area contributed by atoms with Crippen molar-refractivity contribution in [2.75, 3.05) is 5.32 Å². The Kier molecular flexibility index (Phi) is 5.86. The zero-order chi connectivity index (χ0) is 23.5. The van der Waals surface area contributed by atoms with Crippen molar-refractivity contribution in [1.82, 2.24) is 4.57 Å². The second kappa shape index (κ2) is 9.27. The maximum Gasteiger partial charge on any atom is 0.266 e. The number of hydrogen-bond donors (Lipinski definition) is 1. The van der Waals surface area contributed by atoms with E-state index in [1.54, 1.807) is 30.3 Å². The summed E-state index contributed by atoms with van der Waals surface area (Å²) >= 11 is 5.91. The Morgan fingerprint density at radius 3 is 2.47 bits per heavy atom. The maximum atomic E-state index is 12.7. The molecule has 0 saturated carbocycles. The molecule has 5 heteroatoms. The molecule has 0 aliphatic carbocycles. The van der Waals surface area contributed by atoms with Gasteiger partial charge in [0, 0.05) is 39.9 Å². The van der Waals surface area contributed by atoms with Crippen LogP contribution in [0.4, 0.5) is 5.69 Å². The number of fused-ring (bicyclic) bond motifs is 2. The minimum Gasteiger partial charge on any atom is -0.342 e. The lowest BCUT2D eigenvalue weighted by atomic mass is 10.1. The molecule has 0 spiro atoms. The van der Waals surface area contributed by atoms with Crippen LogP contribution in [0, 0.1) is 11.3 Å². The number of hydrogen-bond acceptors (Lipinski definition) is 2. The van der Waals surface area contributed by atoms with Gasteiger partial charge in [0.2, 0.25) is 0 Å². The molecule has 4 nitrogen and oxygen atoms in total. The SMILES string of the molecule is N#C/C(=C/c1cn(Cc2ccc3ccccc3c2)c2ccccc12)C(=O)Nc1ccc(Cl)cc1. The van der Waals surface area contributed by atoms with Crippen LogP contribution in [0.15, 0.2) is 103 Å². The first-order chi connectivity index (χ1) is 16.6. The average Bonchev–Trinajstić information content (AvgIpc) is 3.21. The van der Waals surface area contributed by atoms with E-state index in [1.807, 2.05) is 48.7 Å². The number of benzene rings is 4. The fourth-order valence-corrected chi connectivity index (χ4v) is 4.22. The van der Waals surface area contributed by atoms with Gasteiger partial charge in [0.1, 0.15) is 11.6 Å². The van der Waals surface area contributed by atoms with Crippen LogP contribution in [0.25, 0.3) is 27.8 Å². The zero-order valence-electron chi connectivity index (χ0n) is 18.2. The van der Waals surface area contributed by atoms with E-state index in [0.717, 1.165) is 16.5 Å². The van der Waals surface area contributed by atoms with Crippen molar-refractivity contribution in [1.29, 1.82) is 5.26 Å². The lowest BCUT2D eigenvalue weighted by Crippen LogP contribution is -2.13. The van der Waals surface area contributed by atoms with Gasteiger partial charge in [-0.2, -0.15) is 5.26 Å². The number of carbonyl (C=O) groups excluding carboxylic acids is 1. The average molecular weight is 462 g/mol. The van der Waals surface area contributed by atoms with Crippen molar-refractivity contribution in [2.24, 2.45) is 0 Å². The minimum atomic E-state index is -0.462. The predicted octanol–water partition coefficient (Wildman–Crippen LogP) is 7.04. The lowest BCUT2D eigenvalue weighted by molar-refractivity contribution is -0.112. The molecule has 0 radical (unpaired) electrons. The van der Waals surface area contributed by atoms with Crippen LogP contribution in [0.2, 0.25) is 5.02 Å². The van der Waals surface area contributed by atoms with Gasteiger partial charge >= 0.3 is 0 Å². The minimum absolute atomic E-state index is 0.0311. The van der Waals surface area contributed by atoms with Crippen LogP contribution in [-0.4, -0.2) is 10.5 Å². The summed E-state index contributed by atoms with van der Waals surface area (Å²) in [4.78, 5) is 12.7. The van der Waals surface area contributed by atoms with Crippen LogP contribution >= 0.6 is 11.6 Å². The normalized spacial score (nSPS) is 11.5. The molecule has 164 valence electrons. The van der Waals surface area contributed by atoms with Crippen molar-refractivity contribution < 1.29 is 4.79 Å². The molecule has 0 bridgehead atoms. The summed E-state index contributed by atoms with van der Waals surface area (Å²) in [5, 5.41) is 16.4. The Morgan fingerprint density at radius 2 is 1.68 bits per heavy atom. The van der Waals surface area contributed by atoms with E-state index < -0.39 is 5.91 Å². The van der Waals surface area contributed by atoms with Gasteiger partial charge < -0.3 is 9.88 Å². The van der Waals surface area contributed by atoms with Gasteiger partial charge in [-0.1, -0.05) is 66.2 Å². The number of para-hydroxylation sites is 1. The maximum absolute atomic E-state index is 12.7. The van der Waals surface area contributed by atoms with Crippen molar-refractivity contribution in [3.63, 3.8) is 0 Å². The summed E-state index contributed by atoms with van der Waals surface area (Å²) in [6.45, 7) is 0.679. The highest BCUT2D eigenvalue weighted by Gasteiger charge is 2.13.